The molecule has 1 N–H and O–H groups in total. The first-order chi connectivity index (χ1) is 15.3. The number of benzene rings is 2. The zero-order chi connectivity index (χ0) is 21.0. The van der Waals surface area contributed by atoms with Crippen molar-refractivity contribution >= 4 is 16.5 Å². The van der Waals surface area contributed by atoms with Crippen molar-refractivity contribution in [3.63, 3.8) is 0 Å². The van der Waals surface area contributed by atoms with E-state index in [1.165, 1.54) is 56.3 Å². The lowest BCUT2D eigenvalue weighted by Gasteiger charge is -2.36. The van der Waals surface area contributed by atoms with Crippen LogP contribution in [0.3, 0.4) is 0 Å². The maximum Gasteiger partial charge on any atom is 0.199 e. The molecule has 2 aromatic carbocycles. The number of anilines is 1. The molecule has 0 unspecified atom stereocenters. The summed E-state index contributed by atoms with van der Waals surface area (Å²) < 4.78 is 2.14. The zero-order valence-electron chi connectivity index (χ0n) is 18.5. The van der Waals surface area contributed by atoms with E-state index in [0.717, 1.165) is 43.4 Å². The van der Waals surface area contributed by atoms with Gasteiger partial charge < -0.3 is 14.6 Å². The predicted molar refractivity (Wildman–Crippen MR) is 129 cm³/mol. The smallest absolute Gasteiger partial charge is 0.199 e. The molecule has 0 radical (unpaired) electrons. The van der Waals surface area contributed by atoms with Crippen LogP contribution < -0.4 is 4.90 Å². The van der Waals surface area contributed by atoms with Crippen molar-refractivity contribution in [1.82, 2.24) is 9.47 Å². The molecule has 2 aliphatic rings. The molecule has 164 valence electrons. The van der Waals surface area contributed by atoms with Crippen LogP contribution in [-0.2, 0) is 6.42 Å². The third-order valence-electron chi connectivity index (χ3n) is 7.29. The van der Waals surface area contributed by atoms with Gasteiger partial charge in [0.1, 0.15) is 0 Å². The van der Waals surface area contributed by atoms with Crippen molar-refractivity contribution < 1.29 is 5.11 Å². The van der Waals surface area contributed by atoms with Crippen molar-refractivity contribution in [3.05, 3.63) is 60.3 Å². The molecule has 0 bridgehead atoms. The summed E-state index contributed by atoms with van der Waals surface area (Å²) in [5, 5.41) is 13.1. The van der Waals surface area contributed by atoms with Crippen LogP contribution in [0.4, 0.5) is 5.69 Å². The molecular formula is C27H35N3O. The van der Waals surface area contributed by atoms with Gasteiger partial charge >= 0.3 is 0 Å². The van der Waals surface area contributed by atoms with Crippen molar-refractivity contribution in [2.24, 2.45) is 0 Å². The number of aryl methyl sites for hydroxylation is 1. The molecule has 0 amide bonds. The molecule has 0 atom stereocenters. The molecule has 4 heteroatoms. The van der Waals surface area contributed by atoms with Gasteiger partial charge in [0.05, 0.1) is 0 Å². The van der Waals surface area contributed by atoms with E-state index in [-0.39, 0.29) is 0 Å². The molecule has 31 heavy (non-hydrogen) atoms. The Hall–Kier alpha value is -2.46. The minimum absolute atomic E-state index is 0.461. The van der Waals surface area contributed by atoms with E-state index < -0.39 is 0 Å². The molecule has 1 saturated heterocycles. The molecule has 1 aliphatic carbocycles. The molecule has 4 nitrogen and oxygen atoms in total. The molecular weight excluding hydrogens is 382 g/mol. The van der Waals surface area contributed by atoms with Gasteiger partial charge in [0.25, 0.3) is 0 Å². The third kappa shape index (κ3) is 4.59. The van der Waals surface area contributed by atoms with E-state index in [9.17, 15) is 5.11 Å². The SMILES string of the molecule is Oc1c2cc(N3CCN(CCCc4ccccc4)CC3)ccc2cn1C1CCCCC1. The van der Waals surface area contributed by atoms with Crippen LogP contribution in [0.2, 0.25) is 0 Å². The Balaban J connectivity index is 1.19. The largest absolute Gasteiger partial charge is 0.494 e. The highest BCUT2D eigenvalue weighted by atomic mass is 16.3. The monoisotopic (exact) mass is 417 g/mol. The Morgan fingerprint density at radius 1 is 0.871 bits per heavy atom. The van der Waals surface area contributed by atoms with Crippen molar-refractivity contribution in [2.75, 3.05) is 37.6 Å². The number of hydrogen-bond donors (Lipinski definition) is 1. The molecule has 1 saturated carbocycles. The van der Waals surface area contributed by atoms with Crippen molar-refractivity contribution in [3.8, 4) is 5.88 Å². The molecule has 2 heterocycles. The van der Waals surface area contributed by atoms with E-state index in [4.69, 9.17) is 0 Å². The molecule has 3 aromatic rings. The van der Waals surface area contributed by atoms with Gasteiger partial charge in [0, 0.05) is 54.9 Å². The van der Waals surface area contributed by atoms with E-state index in [1.807, 2.05) is 0 Å². The number of aromatic hydroxyl groups is 1. The maximum absolute atomic E-state index is 10.9. The second-order valence-electron chi connectivity index (χ2n) is 9.34. The quantitative estimate of drug-likeness (QED) is 0.566. The number of piperazine rings is 1. The fourth-order valence-electron chi connectivity index (χ4n) is 5.42. The second-order valence-corrected chi connectivity index (χ2v) is 9.34. The summed E-state index contributed by atoms with van der Waals surface area (Å²) in [4.78, 5) is 5.07. The fourth-order valence-corrected chi connectivity index (χ4v) is 5.42. The Morgan fingerprint density at radius 3 is 2.42 bits per heavy atom. The van der Waals surface area contributed by atoms with Gasteiger partial charge in [-0.2, -0.15) is 0 Å². The molecule has 2 fully saturated rings. The first kappa shape index (κ1) is 20.4. The summed E-state index contributed by atoms with van der Waals surface area (Å²) in [6, 6.07) is 17.9. The number of rotatable bonds is 6. The standard InChI is InChI=1S/C27H35N3O/c31-27-26-20-25(14-13-23(26)21-30(27)24-11-5-2-6-12-24)29-18-16-28(17-19-29)15-7-10-22-8-3-1-4-9-22/h1,3-4,8-9,13-14,20-21,24,31H,2,5-7,10-12,15-19H2. The number of aromatic nitrogens is 1. The van der Waals surface area contributed by atoms with Crippen molar-refractivity contribution in [2.45, 2.75) is 51.0 Å². The van der Waals surface area contributed by atoms with Crippen LogP contribution >= 0.6 is 0 Å². The lowest BCUT2D eigenvalue weighted by Crippen LogP contribution is -2.46. The topological polar surface area (TPSA) is 31.6 Å². The van der Waals surface area contributed by atoms with E-state index in [0.29, 0.717) is 11.9 Å². The van der Waals surface area contributed by atoms with Crippen LogP contribution in [0.1, 0.15) is 50.1 Å². The van der Waals surface area contributed by atoms with Gasteiger partial charge in [-0.1, -0.05) is 55.7 Å². The fraction of sp³-hybridized carbons (Fsp3) is 0.481. The lowest BCUT2D eigenvalue weighted by atomic mass is 9.95. The van der Waals surface area contributed by atoms with Crippen LogP contribution in [0, 0.1) is 0 Å². The van der Waals surface area contributed by atoms with E-state index >= 15 is 0 Å². The van der Waals surface area contributed by atoms with Gasteiger partial charge in [-0.05, 0) is 49.9 Å². The average molecular weight is 418 g/mol. The summed E-state index contributed by atoms with van der Waals surface area (Å²) >= 11 is 0. The zero-order valence-corrected chi connectivity index (χ0v) is 18.5. The summed E-state index contributed by atoms with van der Waals surface area (Å²) in [5.74, 6) is 0.461. The second kappa shape index (κ2) is 9.35. The summed E-state index contributed by atoms with van der Waals surface area (Å²) in [7, 11) is 0. The molecule has 0 spiro atoms. The Labute approximate surface area is 186 Å². The van der Waals surface area contributed by atoms with Crippen molar-refractivity contribution in [1.29, 1.82) is 0 Å². The van der Waals surface area contributed by atoms with Crippen LogP contribution in [0.5, 0.6) is 5.88 Å². The summed E-state index contributed by atoms with van der Waals surface area (Å²) in [6.07, 6.45) is 10.8. The molecule has 1 aliphatic heterocycles. The number of hydrogen-bond acceptors (Lipinski definition) is 3. The Morgan fingerprint density at radius 2 is 1.65 bits per heavy atom. The van der Waals surface area contributed by atoms with Crippen LogP contribution in [0.15, 0.2) is 54.7 Å². The van der Waals surface area contributed by atoms with Gasteiger partial charge in [-0.25, -0.2) is 0 Å². The third-order valence-corrected chi connectivity index (χ3v) is 7.29. The number of fused-ring (bicyclic) bond motifs is 1. The first-order valence-corrected chi connectivity index (χ1v) is 12.1. The van der Waals surface area contributed by atoms with Gasteiger partial charge in [-0.15, -0.1) is 0 Å². The molecule has 1 aromatic heterocycles. The van der Waals surface area contributed by atoms with Gasteiger partial charge in [-0.3, -0.25) is 4.90 Å². The maximum atomic E-state index is 10.9. The highest BCUT2D eigenvalue weighted by Crippen LogP contribution is 2.37. The Bertz CT molecular complexity index is 982. The van der Waals surface area contributed by atoms with Gasteiger partial charge in [0.15, 0.2) is 5.88 Å². The molecule has 5 rings (SSSR count). The van der Waals surface area contributed by atoms with Gasteiger partial charge in [0.2, 0.25) is 0 Å². The summed E-state index contributed by atoms with van der Waals surface area (Å²) in [5.41, 5.74) is 2.68. The average Bonchev–Trinajstić information content (AvgIpc) is 3.17. The predicted octanol–water partition coefficient (Wildman–Crippen LogP) is 5.61. The summed E-state index contributed by atoms with van der Waals surface area (Å²) in [6.45, 7) is 5.51. The van der Waals surface area contributed by atoms with Crippen LogP contribution in [0.25, 0.3) is 10.8 Å². The normalized spacial score (nSPS) is 18.6. The van der Waals surface area contributed by atoms with E-state index in [1.54, 1.807) is 0 Å². The van der Waals surface area contributed by atoms with Crippen LogP contribution in [-0.4, -0.2) is 47.3 Å². The minimum atomic E-state index is 0.461. The highest BCUT2D eigenvalue weighted by molar-refractivity contribution is 5.91. The lowest BCUT2D eigenvalue weighted by molar-refractivity contribution is 0.255. The highest BCUT2D eigenvalue weighted by Gasteiger charge is 2.21. The Kier molecular flexibility index (Phi) is 6.17. The number of nitrogens with zero attached hydrogens (tertiary/aromatic N) is 3. The minimum Gasteiger partial charge on any atom is -0.494 e. The first-order valence-electron chi connectivity index (χ1n) is 12.1. The van der Waals surface area contributed by atoms with E-state index in [2.05, 4.69) is 69.1 Å².